The SMILES string of the molecule is CC12CCC(c3ccc(-c4ccc(-c5cccc(-c6ccccn6)c5)cc4)cc3)(CC1)CC2. The minimum absolute atomic E-state index is 0.443. The Bertz CT molecular complexity index is 1230. The summed E-state index contributed by atoms with van der Waals surface area (Å²) in [4.78, 5) is 4.50. The van der Waals surface area contributed by atoms with E-state index in [1.54, 1.807) is 5.56 Å². The summed E-state index contributed by atoms with van der Waals surface area (Å²) in [7, 11) is 0. The molecule has 1 heteroatoms. The number of hydrogen-bond donors (Lipinski definition) is 0. The zero-order valence-corrected chi connectivity index (χ0v) is 19.4. The molecule has 0 aliphatic heterocycles. The number of rotatable bonds is 4. The van der Waals surface area contributed by atoms with Crippen LogP contribution >= 0.6 is 0 Å². The van der Waals surface area contributed by atoms with Crippen LogP contribution in [0.2, 0.25) is 0 Å². The molecular formula is C32H31N. The Morgan fingerprint density at radius 1 is 0.545 bits per heavy atom. The third kappa shape index (κ3) is 3.80. The Morgan fingerprint density at radius 3 is 1.73 bits per heavy atom. The monoisotopic (exact) mass is 429 g/mol. The van der Waals surface area contributed by atoms with Crippen LogP contribution < -0.4 is 0 Å². The van der Waals surface area contributed by atoms with Crippen molar-refractivity contribution < 1.29 is 0 Å². The summed E-state index contributed by atoms with van der Waals surface area (Å²) in [6.07, 6.45) is 10.2. The van der Waals surface area contributed by atoms with Gasteiger partial charge < -0.3 is 0 Å². The standard InChI is InChI=1S/C32H31N/c1-31-16-19-32(20-17-31,21-18-31)29-14-12-25(13-15-29)24-8-10-26(11-9-24)27-5-4-6-28(23-27)30-7-2-3-22-33-30/h2-15,22-23H,16-21H2,1H3. The minimum Gasteiger partial charge on any atom is -0.256 e. The maximum atomic E-state index is 4.50. The van der Waals surface area contributed by atoms with Crippen LogP contribution in [0.5, 0.6) is 0 Å². The van der Waals surface area contributed by atoms with E-state index < -0.39 is 0 Å². The van der Waals surface area contributed by atoms with Crippen molar-refractivity contribution in [2.75, 3.05) is 0 Å². The molecule has 1 aromatic heterocycles. The van der Waals surface area contributed by atoms with Gasteiger partial charge in [-0.25, -0.2) is 0 Å². The Balaban J connectivity index is 1.22. The highest BCUT2D eigenvalue weighted by molar-refractivity contribution is 5.74. The molecule has 1 nitrogen and oxygen atoms in total. The molecule has 0 spiro atoms. The van der Waals surface area contributed by atoms with Crippen molar-refractivity contribution in [2.24, 2.45) is 5.41 Å². The average Bonchev–Trinajstić information content (AvgIpc) is 2.90. The lowest BCUT2D eigenvalue weighted by atomic mass is 9.52. The molecule has 3 fully saturated rings. The second-order valence-electron chi connectivity index (χ2n) is 10.5. The highest BCUT2D eigenvalue weighted by Crippen LogP contribution is 2.57. The predicted octanol–water partition coefficient (Wildman–Crippen LogP) is 8.69. The van der Waals surface area contributed by atoms with Crippen molar-refractivity contribution in [2.45, 2.75) is 50.9 Å². The van der Waals surface area contributed by atoms with Crippen LogP contribution in [0, 0.1) is 5.41 Å². The Morgan fingerprint density at radius 2 is 1.12 bits per heavy atom. The highest BCUT2D eigenvalue weighted by atomic mass is 14.7. The third-order valence-electron chi connectivity index (χ3n) is 8.49. The van der Waals surface area contributed by atoms with Crippen LogP contribution in [0.25, 0.3) is 33.5 Å². The smallest absolute Gasteiger partial charge is 0.0702 e. The first-order chi connectivity index (χ1) is 16.1. The number of aromatic nitrogens is 1. The van der Waals surface area contributed by atoms with E-state index in [2.05, 4.69) is 90.8 Å². The maximum Gasteiger partial charge on any atom is 0.0702 e. The topological polar surface area (TPSA) is 12.9 Å². The fraction of sp³-hybridized carbons (Fsp3) is 0.281. The zero-order chi connectivity index (χ0) is 22.3. The van der Waals surface area contributed by atoms with Gasteiger partial charge >= 0.3 is 0 Å². The van der Waals surface area contributed by atoms with E-state index in [4.69, 9.17) is 0 Å². The molecule has 2 bridgehead atoms. The number of benzene rings is 3. The molecule has 33 heavy (non-hydrogen) atoms. The Hall–Kier alpha value is -3.19. The van der Waals surface area contributed by atoms with Crippen LogP contribution in [-0.2, 0) is 5.41 Å². The molecule has 0 unspecified atom stereocenters. The molecule has 3 saturated carbocycles. The van der Waals surface area contributed by atoms with E-state index >= 15 is 0 Å². The lowest BCUT2D eigenvalue weighted by molar-refractivity contribution is 0.0556. The summed E-state index contributed by atoms with van der Waals surface area (Å²) in [6.45, 7) is 2.50. The first-order valence-corrected chi connectivity index (χ1v) is 12.4. The average molecular weight is 430 g/mol. The molecule has 3 aliphatic rings. The molecule has 0 amide bonds. The fourth-order valence-corrected chi connectivity index (χ4v) is 6.07. The van der Waals surface area contributed by atoms with Gasteiger partial charge in [0.2, 0.25) is 0 Å². The quantitative estimate of drug-likeness (QED) is 0.316. The number of fused-ring (bicyclic) bond motifs is 3. The van der Waals surface area contributed by atoms with Crippen LogP contribution in [0.15, 0.2) is 97.2 Å². The number of nitrogens with zero attached hydrogens (tertiary/aromatic N) is 1. The first-order valence-electron chi connectivity index (χ1n) is 12.4. The summed E-state index contributed by atoms with van der Waals surface area (Å²) in [5, 5.41) is 0. The van der Waals surface area contributed by atoms with Gasteiger partial charge in [0.1, 0.15) is 0 Å². The van der Waals surface area contributed by atoms with Gasteiger partial charge in [-0.2, -0.15) is 0 Å². The summed E-state index contributed by atoms with van der Waals surface area (Å²) in [5.74, 6) is 0. The molecule has 7 rings (SSSR count). The van der Waals surface area contributed by atoms with Gasteiger partial charge in [0, 0.05) is 11.8 Å². The van der Waals surface area contributed by atoms with E-state index in [0.717, 1.165) is 11.3 Å². The largest absolute Gasteiger partial charge is 0.256 e. The lowest BCUT2D eigenvalue weighted by Crippen LogP contribution is -2.42. The van der Waals surface area contributed by atoms with Crippen LogP contribution in [0.3, 0.4) is 0 Å². The highest BCUT2D eigenvalue weighted by Gasteiger charge is 2.46. The Kier molecular flexibility index (Phi) is 4.94. The maximum absolute atomic E-state index is 4.50. The molecule has 3 aromatic carbocycles. The van der Waals surface area contributed by atoms with Gasteiger partial charge in [0.25, 0.3) is 0 Å². The van der Waals surface area contributed by atoms with Crippen molar-refractivity contribution in [3.8, 4) is 33.5 Å². The van der Waals surface area contributed by atoms with E-state index in [1.165, 1.54) is 60.8 Å². The molecule has 0 saturated heterocycles. The molecule has 3 aliphatic carbocycles. The predicted molar refractivity (Wildman–Crippen MR) is 138 cm³/mol. The molecule has 0 N–H and O–H groups in total. The minimum atomic E-state index is 0.443. The summed E-state index contributed by atoms with van der Waals surface area (Å²) in [5.41, 5.74) is 9.84. The summed E-state index contributed by atoms with van der Waals surface area (Å²) < 4.78 is 0. The third-order valence-corrected chi connectivity index (χ3v) is 8.49. The molecule has 0 radical (unpaired) electrons. The molecule has 4 aromatic rings. The zero-order valence-electron chi connectivity index (χ0n) is 19.4. The molecule has 0 atom stereocenters. The van der Waals surface area contributed by atoms with Crippen molar-refractivity contribution in [1.82, 2.24) is 4.98 Å². The van der Waals surface area contributed by atoms with E-state index in [0.29, 0.717) is 10.8 Å². The van der Waals surface area contributed by atoms with Crippen molar-refractivity contribution in [3.05, 3.63) is 103 Å². The first kappa shape index (κ1) is 20.4. The Labute approximate surface area is 197 Å². The lowest BCUT2D eigenvalue weighted by Gasteiger charge is -2.52. The van der Waals surface area contributed by atoms with Gasteiger partial charge in [-0.05, 0) is 95.4 Å². The molecule has 164 valence electrons. The fourth-order valence-electron chi connectivity index (χ4n) is 6.07. The van der Waals surface area contributed by atoms with Gasteiger partial charge in [0.05, 0.1) is 5.69 Å². The molecule has 1 heterocycles. The van der Waals surface area contributed by atoms with Gasteiger partial charge in [-0.15, -0.1) is 0 Å². The van der Waals surface area contributed by atoms with Crippen LogP contribution in [0.4, 0.5) is 0 Å². The second-order valence-corrected chi connectivity index (χ2v) is 10.5. The van der Waals surface area contributed by atoms with Gasteiger partial charge in [-0.1, -0.05) is 79.7 Å². The van der Waals surface area contributed by atoms with E-state index in [1.807, 2.05) is 18.3 Å². The van der Waals surface area contributed by atoms with E-state index in [-0.39, 0.29) is 0 Å². The van der Waals surface area contributed by atoms with Crippen molar-refractivity contribution in [3.63, 3.8) is 0 Å². The number of hydrogen-bond acceptors (Lipinski definition) is 1. The van der Waals surface area contributed by atoms with Crippen LogP contribution in [0.1, 0.15) is 51.0 Å². The summed E-state index contributed by atoms with van der Waals surface area (Å²) in [6, 6.07) is 33.2. The van der Waals surface area contributed by atoms with Crippen molar-refractivity contribution in [1.29, 1.82) is 0 Å². The second kappa shape index (κ2) is 7.99. The van der Waals surface area contributed by atoms with Gasteiger partial charge in [-0.3, -0.25) is 4.98 Å². The van der Waals surface area contributed by atoms with Gasteiger partial charge in [0.15, 0.2) is 0 Å². The summed E-state index contributed by atoms with van der Waals surface area (Å²) >= 11 is 0. The normalized spacial score (nSPS) is 24.0. The number of pyridine rings is 1. The molecular weight excluding hydrogens is 398 g/mol. The van der Waals surface area contributed by atoms with E-state index in [9.17, 15) is 0 Å². The van der Waals surface area contributed by atoms with Crippen molar-refractivity contribution >= 4 is 0 Å². The van der Waals surface area contributed by atoms with Crippen LogP contribution in [-0.4, -0.2) is 4.98 Å².